The van der Waals surface area contributed by atoms with Crippen LogP contribution in [0.25, 0.3) is 16.7 Å². The summed E-state index contributed by atoms with van der Waals surface area (Å²) in [7, 11) is 0. The van der Waals surface area contributed by atoms with Gasteiger partial charge in [-0.1, -0.05) is 44.7 Å². The van der Waals surface area contributed by atoms with Crippen LogP contribution in [0.4, 0.5) is 17.6 Å². The van der Waals surface area contributed by atoms with Crippen LogP contribution in [0, 0.1) is 5.82 Å². The smallest absolute Gasteiger partial charge is 0.416 e. The SMILES string of the molecule is C=C(C)C(=O)OCC(CO)OC(=O)CCc1cc(-n2nc3ccc(C(F)(F)F)cc3n2)c(O)c(C(C)(C)c2ccccc2F)c1. The average molecular weight is 630 g/mol. The quantitative estimate of drug-likeness (QED) is 0.126. The van der Waals surface area contributed by atoms with E-state index in [1.807, 2.05) is 0 Å². The summed E-state index contributed by atoms with van der Waals surface area (Å²) in [5.41, 5.74) is -0.908. The van der Waals surface area contributed by atoms with Crippen LogP contribution in [0.1, 0.15) is 49.4 Å². The number of aromatic hydroxyl groups is 1. The molecule has 0 fully saturated rings. The van der Waals surface area contributed by atoms with Gasteiger partial charge >= 0.3 is 18.1 Å². The lowest BCUT2D eigenvalue weighted by Crippen LogP contribution is -2.28. The summed E-state index contributed by atoms with van der Waals surface area (Å²) < 4.78 is 65.0. The summed E-state index contributed by atoms with van der Waals surface area (Å²) in [6.07, 6.45) is -5.89. The van der Waals surface area contributed by atoms with E-state index in [4.69, 9.17) is 9.47 Å². The number of phenolic OH excluding ortho intramolecular Hbond substituents is 1. The first-order valence-corrected chi connectivity index (χ1v) is 13.8. The number of aryl methyl sites for hydroxylation is 1. The predicted octanol–water partition coefficient (Wildman–Crippen LogP) is 5.57. The standard InChI is InChI=1S/C32H31F4N3O6/c1-18(2)30(43)44-17-21(16-40)45-28(41)12-9-19-13-23(31(3,4)22-7-5-6-8-24(22)33)29(42)27(14-19)39-37-25-11-10-20(32(34,35)36)15-26(25)38-39/h5-8,10-11,13-15,21,40,42H,1,9,12,16-17H2,2-4H3. The van der Waals surface area contributed by atoms with Gasteiger partial charge in [-0.2, -0.15) is 13.2 Å². The first-order valence-electron chi connectivity index (χ1n) is 13.8. The third-order valence-electron chi connectivity index (χ3n) is 7.16. The molecular weight excluding hydrogens is 598 g/mol. The van der Waals surface area contributed by atoms with Gasteiger partial charge in [-0.05, 0) is 54.8 Å². The molecule has 13 heteroatoms. The number of benzene rings is 3. The van der Waals surface area contributed by atoms with E-state index in [1.54, 1.807) is 32.0 Å². The maximum atomic E-state index is 14.9. The molecule has 0 aliphatic carbocycles. The average Bonchev–Trinajstić information content (AvgIpc) is 3.41. The Kier molecular flexibility index (Phi) is 9.62. The molecule has 45 heavy (non-hydrogen) atoms. The van der Waals surface area contributed by atoms with Gasteiger partial charge in [-0.25, -0.2) is 9.18 Å². The molecule has 1 unspecified atom stereocenters. The van der Waals surface area contributed by atoms with Crippen molar-refractivity contribution in [2.45, 2.75) is 51.3 Å². The van der Waals surface area contributed by atoms with Gasteiger partial charge in [0.2, 0.25) is 0 Å². The van der Waals surface area contributed by atoms with E-state index in [2.05, 4.69) is 16.8 Å². The number of phenols is 1. The Morgan fingerprint density at radius 2 is 1.71 bits per heavy atom. The lowest BCUT2D eigenvalue weighted by Gasteiger charge is -2.28. The van der Waals surface area contributed by atoms with Crippen molar-refractivity contribution < 1.29 is 46.8 Å². The molecule has 4 aromatic rings. The first kappa shape index (κ1) is 33.1. The lowest BCUT2D eigenvalue weighted by molar-refractivity contribution is -0.159. The van der Waals surface area contributed by atoms with Crippen molar-refractivity contribution in [3.63, 3.8) is 0 Å². The summed E-state index contributed by atoms with van der Waals surface area (Å²) >= 11 is 0. The number of hydrogen-bond donors (Lipinski definition) is 2. The number of alkyl halides is 3. The molecule has 2 N–H and O–H groups in total. The van der Waals surface area contributed by atoms with Crippen molar-refractivity contribution in [1.82, 2.24) is 15.0 Å². The van der Waals surface area contributed by atoms with Gasteiger partial charge in [0, 0.05) is 23.0 Å². The number of fused-ring (bicyclic) bond motifs is 1. The monoisotopic (exact) mass is 629 g/mol. The summed E-state index contributed by atoms with van der Waals surface area (Å²) in [6, 6.07) is 11.9. The number of carbonyl (C=O) groups is 2. The molecule has 1 heterocycles. The summed E-state index contributed by atoms with van der Waals surface area (Å²) in [4.78, 5) is 25.3. The van der Waals surface area contributed by atoms with Gasteiger partial charge in [0.1, 0.15) is 34.9 Å². The van der Waals surface area contributed by atoms with Gasteiger partial charge in [-0.3, -0.25) is 4.79 Å². The van der Waals surface area contributed by atoms with Crippen LogP contribution in [0.15, 0.2) is 66.7 Å². The number of aromatic nitrogens is 3. The zero-order valence-corrected chi connectivity index (χ0v) is 24.7. The summed E-state index contributed by atoms with van der Waals surface area (Å²) in [6.45, 7) is 7.28. The number of aliphatic hydroxyl groups is 1. The molecule has 4 rings (SSSR count). The zero-order valence-electron chi connectivity index (χ0n) is 24.7. The molecule has 1 atom stereocenters. The second-order valence-corrected chi connectivity index (χ2v) is 11.0. The molecule has 0 aliphatic rings. The number of aliphatic hydroxyl groups excluding tert-OH is 1. The van der Waals surface area contributed by atoms with Gasteiger partial charge < -0.3 is 19.7 Å². The minimum atomic E-state index is -4.60. The van der Waals surface area contributed by atoms with E-state index in [1.165, 1.54) is 25.1 Å². The number of ether oxygens (including phenoxy) is 2. The topological polar surface area (TPSA) is 124 Å². The molecule has 3 aromatic carbocycles. The molecule has 1 aromatic heterocycles. The second kappa shape index (κ2) is 13.1. The van der Waals surface area contributed by atoms with E-state index in [0.717, 1.165) is 23.0 Å². The fraction of sp³-hybridized carbons (Fsp3) is 0.312. The first-order chi connectivity index (χ1) is 21.1. The predicted molar refractivity (Wildman–Crippen MR) is 155 cm³/mol. The van der Waals surface area contributed by atoms with E-state index < -0.39 is 47.6 Å². The van der Waals surface area contributed by atoms with E-state index in [0.29, 0.717) is 5.56 Å². The molecule has 0 spiro atoms. The molecule has 0 radical (unpaired) electrons. The molecule has 0 bridgehead atoms. The maximum Gasteiger partial charge on any atom is 0.416 e. The van der Waals surface area contributed by atoms with E-state index >= 15 is 0 Å². The second-order valence-electron chi connectivity index (χ2n) is 11.0. The summed E-state index contributed by atoms with van der Waals surface area (Å²) in [5.74, 6) is -2.30. The van der Waals surface area contributed by atoms with Gasteiger partial charge in [0.25, 0.3) is 0 Å². The van der Waals surface area contributed by atoms with Crippen molar-refractivity contribution >= 4 is 23.0 Å². The van der Waals surface area contributed by atoms with Gasteiger partial charge in [0.15, 0.2) is 6.10 Å². The molecule has 9 nitrogen and oxygen atoms in total. The molecule has 0 saturated heterocycles. The van der Waals surface area contributed by atoms with Crippen molar-refractivity contribution in [3.05, 3.63) is 94.8 Å². The third-order valence-corrected chi connectivity index (χ3v) is 7.16. The zero-order chi connectivity index (χ0) is 33.1. The number of carbonyl (C=O) groups excluding carboxylic acids is 2. The van der Waals surface area contributed by atoms with Crippen LogP contribution in [0.3, 0.4) is 0 Å². The van der Waals surface area contributed by atoms with Gasteiger partial charge in [-0.15, -0.1) is 15.0 Å². The fourth-order valence-electron chi connectivity index (χ4n) is 4.67. The van der Waals surface area contributed by atoms with Crippen LogP contribution >= 0.6 is 0 Å². The Morgan fingerprint density at radius 1 is 1.02 bits per heavy atom. The molecule has 238 valence electrons. The Bertz CT molecular complexity index is 1750. The number of nitrogens with zero attached hydrogens (tertiary/aromatic N) is 3. The number of hydrogen-bond acceptors (Lipinski definition) is 8. The van der Waals surface area contributed by atoms with Crippen molar-refractivity contribution in [2.24, 2.45) is 0 Å². The number of esters is 2. The molecule has 0 saturated carbocycles. The van der Waals surface area contributed by atoms with Crippen LogP contribution in [-0.4, -0.2) is 56.5 Å². The largest absolute Gasteiger partial charge is 0.505 e. The Morgan fingerprint density at radius 3 is 2.36 bits per heavy atom. The number of halogens is 4. The molecule has 0 amide bonds. The Balaban J connectivity index is 1.70. The Hall–Kier alpha value is -4.78. The molecule has 0 aliphatic heterocycles. The minimum Gasteiger partial charge on any atom is -0.505 e. The van der Waals surface area contributed by atoms with Crippen LogP contribution in [-0.2, 0) is 37.1 Å². The van der Waals surface area contributed by atoms with Crippen LogP contribution < -0.4 is 0 Å². The van der Waals surface area contributed by atoms with Crippen LogP contribution in [0.5, 0.6) is 5.75 Å². The highest BCUT2D eigenvalue weighted by atomic mass is 19.4. The van der Waals surface area contributed by atoms with Crippen molar-refractivity contribution in [2.75, 3.05) is 13.2 Å². The van der Waals surface area contributed by atoms with Crippen LogP contribution in [0.2, 0.25) is 0 Å². The Labute approximate surface area is 255 Å². The van der Waals surface area contributed by atoms with Crippen molar-refractivity contribution in [1.29, 1.82) is 0 Å². The lowest BCUT2D eigenvalue weighted by atomic mass is 9.76. The van der Waals surface area contributed by atoms with Crippen molar-refractivity contribution in [3.8, 4) is 11.4 Å². The highest BCUT2D eigenvalue weighted by molar-refractivity contribution is 5.87. The minimum absolute atomic E-state index is 0.00928. The molecular formula is C32H31F4N3O6. The van der Waals surface area contributed by atoms with Gasteiger partial charge in [0.05, 0.1) is 12.2 Å². The third kappa shape index (κ3) is 7.48. The normalized spacial score (nSPS) is 12.6. The number of rotatable bonds is 11. The maximum absolute atomic E-state index is 14.9. The van der Waals surface area contributed by atoms with E-state index in [9.17, 15) is 37.4 Å². The highest BCUT2D eigenvalue weighted by Gasteiger charge is 2.33. The van der Waals surface area contributed by atoms with E-state index in [-0.39, 0.29) is 58.6 Å². The highest BCUT2D eigenvalue weighted by Crippen LogP contribution is 2.41. The summed E-state index contributed by atoms with van der Waals surface area (Å²) in [5, 5.41) is 29.4. The fourth-order valence-corrected chi connectivity index (χ4v) is 4.67.